The van der Waals surface area contributed by atoms with E-state index in [2.05, 4.69) is 15.4 Å². The first kappa shape index (κ1) is 26.8. The van der Waals surface area contributed by atoms with Crippen molar-refractivity contribution in [3.8, 4) is 11.1 Å². The number of nitrogens with two attached hydrogens (primary N) is 1. The van der Waals surface area contributed by atoms with Crippen LogP contribution in [0.5, 0.6) is 0 Å². The Labute approximate surface area is 223 Å². The Kier molecular flexibility index (Phi) is 7.56. The number of nitrogens with one attached hydrogen (secondary N) is 1. The minimum atomic E-state index is -3.23. The topological polar surface area (TPSA) is 152 Å². The molecule has 3 aromatic rings. The number of anilines is 2. The third kappa shape index (κ3) is 5.48. The van der Waals surface area contributed by atoms with E-state index in [9.17, 15) is 13.5 Å². The second-order valence-corrected chi connectivity index (χ2v) is 13.0. The maximum absolute atomic E-state index is 12.6. The monoisotopic (exact) mass is 542 g/mol. The molecule has 2 fully saturated rings. The van der Waals surface area contributed by atoms with Crippen molar-refractivity contribution in [2.75, 3.05) is 29.9 Å². The van der Waals surface area contributed by atoms with Gasteiger partial charge in [-0.15, -0.1) is 0 Å². The van der Waals surface area contributed by atoms with Crippen LogP contribution >= 0.6 is 0 Å². The van der Waals surface area contributed by atoms with Crippen LogP contribution in [0.2, 0.25) is 0 Å². The lowest BCUT2D eigenvalue weighted by molar-refractivity contribution is 0.182. The average Bonchev–Trinajstić information content (AvgIpc) is 3.53. The number of nitrogens with zero attached hydrogens (tertiary/aromatic N) is 6. The number of aliphatic hydroxyl groups is 1. The number of aryl methyl sites for hydroxylation is 1. The Hall–Kier alpha value is -2.83. The fourth-order valence-electron chi connectivity index (χ4n) is 5.54. The maximum Gasteiger partial charge on any atom is 0.214 e. The number of hydrogen-bond acceptors (Lipinski definition) is 9. The van der Waals surface area contributed by atoms with Crippen molar-refractivity contribution in [1.29, 1.82) is 0 Å². The molecule has 4 heterocycles. The van der Waals surface area contributed by atoms with E-state index in [-0.39, 0.29) is 29.9 Å². The molecule has 5 rings (SSSR count). The van der Waals surface area contributed by atoms with E-state index in [1.54, 1.807) is 16.7 Å². The molecule has 4 N–H and O–H groups in total. The van der Waals surface area contributed by atoms with Crippen molar-refractivity contribution in [1.82, 2.24) is 29.0 Å². The van der Waals surface area contributed by atoms with Crippen LogP contribution < -0.4 is 11.1 Å². The second kappa shape index (κ2) is 10.7. The summed E-state index contributed by atoms with van der Waals surface area (Å²) in [5, 5.41) is 18.1. The fraction of sp³-hybridized carbons (Fsp3) is 0.615. The van der Waals surface area contributed by atoms with Crippen LogP contribution in [0.15, 0.2) is 18.6 Å². The maximum atomic E-state index is 12.6. The highest BCUT2D eigenvalue weighted by Gasteiger charge is 2.30. The number of fused-ring (bicyclic) bond motifs is 1. The van der Waals surface area contributed by atoms with Crippen LogP contribution in [0, 0.1) is 5.92 Å². The predicted octanol–water partition coefficient (Wildman–Crippen LogP) is 2.98. The van der Waals surface area contributed by atoms with E-state index in [0.717, 1.165) is 29.7 Å². The zero-order valence-electron chi connectivity index (χ0n) is 22.3. The van der Waals surface area contributed by atoms with Crippen molar-refractivity contribution in [3.05, 3.63) is 24.3 Å². The zero-order chi connectivity index (χ0) is 27.0. The molecule has 2 aliphatic rings. The zero-order valence-corrected chi connectivity index (χ0v) is 23.2. The Bertz CT molecular complexity index is 1400. The first-order valence-electron chi connectivity index (χ1n) is 13.6. The minimum absolute atomic E-state index is 0.103. The summed E-state index contributed by atoms with van der Waals surface area (Å²) in [6, 6.07) is 0.272. The molecular formula is C26H38N8O3S. The van der Waals surface area contributed by atoms with Gasteiger partial charge in [0, 0.05) is 42.7 Å². The van der Waals surface area contributed by atoms with Gasteiger partial charge in [-0.25, -0.2) is 27.7 Å². The molecule has 0 spiro atoms. The Morgan fingerprint density at radius 1 is 1.13 bits per heavy atom. The predicted molar refractivity (Wildman–Crippen MR) is 148 cm³/mol. The highest BCUT2D eigenvalue weighted by atomic mass is 32.2. The van der Waals surface area contributed by atoms with Gasteiger partial charge in [-0.1, -0.05) is 20.8 Å². The van der Waals surface area contributed by atoms with Crippen LogP contribution in [-0.2, 0) is 16.4 Å². The summed E-state index contributed by atoms with van der Waals surface area (Å²) in [6.07, 6.45) is 9.67. The molecular weight excluding hydrogens is 504 g/mol. The Balaban J connectivity index is 1.40. The highest BCUT2D eigenvalue weighted by molar-refractivity contribution is 7.89. The summed E-state index contributed by atoms with van der Waals surface area (Å²) >= 11 is 0. The molecule has 0 aromatic carbocycles. The van der Waals surface area contributed by atoms with Crippen LogP contribution in [-0.4, -0.2) is 73.6 Å². The second-order valence-electron chi connectivity index (χ2n) is 10.9. The summed E-state index contributed by atoms with van der Waals surface area (Å²) in [5.41, 5.74) is 9.91. The van der Waals surface area contributed by atoms with Gasteiger partial charge in [0.25, 0.3) is 0 Å². The van der Waals surface area contributed by atoms with Crippen LogP contribution in [0.1, 0.15) is 64.6 Å². The summed E-state index contributed by atoms with van der Waals surface area (Å²) in [7, 11) is -3.23. The molecule has 2 atom stereocenters. The summed E-state index contributed by atoms with van der Waals surface area (Å²) < 4.78 is 28.8. The molecule has 206 valence electrons. The van der Waals surface area contributed by atoms with Crippen LogP contribution in [0.4, 0.5) is 11.6 Å². The van der Waals surface area contributed by atoms with E-state index in [0.29, 0.717) is 61.4 Å². The number of piperidine rings is 1. The van der Waals surface area contributed by atoms with Gasteiger partial charge in [-0.3, -0.25) is 4.68 Å². The minimum Gasteiger partial charge on any atom is -0.393 e. The van der Waals surface area contributed by atoms with Gasteiger partial charge in [0.05, 0.1) is 29.8 Å². The number of pyridine rings is 1. The van der Waals surface area contributed by atoms with Crippen molar-refractivity contribution in [2.45, 2.75) is 77.5 Å². The van der Waals surface area contributed by atoms with E-state index < -0.39 is 10.0 Å². The van der Waals surface area contributed by atoms with Crippen molar-refractivity contribution < 1.29 is 13.5 Å². The standard InChI is InChI=1S/C26H38N8O3S/c1-4-22-26(30-18-5-6-20(35)11-18)32-23-21(13-28-25(27)24(23)31-22)17-12-29-34(14-17)19-7-9-33(10-8-19)38(36,37)15-16(2)3/h12-14,16,18-20,35H,4-11,15H2,1-3H3,(H2,27,28)(H,30,32)/t18-,20+/m1/s1. The smallest absolute Gasteiger partial charge is 0.214 e. The van der Waals surface area contributed by atoms with Gasteiger partial charge >= 0.3 is 0 Å². The highest BCUT2D eigenvalue weighted by Crippen LogP contribution is 2.33. The summed E-state index contributed by atoms with van der Waals surface area (Å²) in [6.45, 7) is 6.88. The van der Waals surface area contributed by atoms with Gasteiger partial charge in [-0.2, -0.15) is 5.10 Å². The van der Waals surface area contributed by atoms with Gasteiger partial charge in [-0.05, 0) is 44.4 Å². The molecule has 1 aliphatic heterocycles. The third-order valence-electron chi connectivity index (χ3n) is 7.53. The van der Waals surface area contributed by atoms with Crippen LogP contribution in [0.25, 0.3) is 22.2 Å². The van der Waals surface area contributed by atoms with Crippen molar-refractivity contribution >= 4 is 32.7 Å². The number of hydrogen-bond donors (Lipinski definition) is 3. The molecule has 0 bridgehead atoms. The average molecular weight is 543 g/mol. The number of sulfonamides is 1. The molecule has 38 heavy (non-hydrogen) atoms. The molecule has 1 saturated carbocycles. The Morgan fingerprint density at radius 2 is 1.89 bits per heavy atom. The molecule has 11 nitrogen and oxygen atoms in total. The number of nitrogen functional groups attached to an aromatic ring is 1. The molecule has 0 radical (unpaired) electrons. The molecule has 0 unspecified atom stereocenters. The van der Waals surface area contributed by atoms with Gasteiger partial charge in [0.2, 0.25) is 10.0 Å². The van der Waals surface area contributed by atoms with Gasteiger partial charge in [0.15, 0.2) is 5.82 Å². The third-order valence-corrected chi connectivity index (χ3v) is 9.77. The Morgan fingerprint density at radius 3 is 2.55 bits per heavy atom. The van der Waals surface area contributed by atoms with Crippen molar-refractivity contribution in [3.63, 3.8) is 0 Å². The van der Waals surface area contributed by atoms with E-state index in [4.69, 9.17) is 15.7 Å². The summed E-state index contributed by atoms with van der Waals surface area (Å²) in [5.74, 6) is 1.33. The molecule has 1 saturated heterocycles. The van der Waals surface area contributed by atoms with E-state index in [1.807, 2.05) is 31.6 Å². The number of rotatable bonds is 8. The quantitative estimate of drug-likeness (QED) is 0.390. The molecule has 0 amide bonds. The fourth-order valence-corrected chi connectivity index (χ4v) is 7.36. The lowest BCUT2D eigenvalue weighted by atomic mass is 10.1. The molecule has 1 aliphatic carbocycles. The lowest BCUT2D eigenvalue weighted by Crippen LogP contribution is -2.41. The largest absolute Gasteiger partial charge is 0.393 e. The number of aromatic nitrogens is 5. The van der Waals surface area contributed by atoms with Gasteiger partial charge in [0.1, 0.15) is 16.9 Å². The normalized spacial score (nSPS) is 21.5. The van der Waals surface area contributed by atoms with Crippen LogP contribution in [0.3, 0.4) is 0 Å². The SMILES string of the molecule is CCc1nc2c(N)ncc(-c3cnn(C4CCN(S(=O)(=O)CC(C)C)CC4)c3)c2nc1N[C@@H]1CC[C@H](O)C1. The first-order chi connectivity index (χ1) is 18.1. The number of aliphatic hydroxyl groups excluding tert-OH is 1. The van der Waals surface area contributed by atoms with E-state index >= 15 is 0 Å². The first-order valence-corrected chi connectivity index (χ1v) is 15.2. The van der Waals surface area contributed by atoms with Gasteiger partial charge < -0.3 is 16.2 Å². The molecule has 3 aromatic heterocycles. The van der Waals surface area contributed by atoms with E-state index in [1.165, 1.54) is 0 Å². The van der Waals surface area contributed by atoms with Crippen molar-refractivity contribution in [2.24, 2.45) is 5.92 Å². The summed E-state index contributed by atoms with van der Waals surface area (Å²) in [4.78, 5) is 14.2. The molecule has 12 heteroatoms. The lowest BCUT2D eigenvalue weighted by Gasteiger charge is -2.31.